The predicted octanol–water partition coefficient (Wildman–Crippen LogP) is 5.15. The zero-order valence-corrected chi connectivity index (χ0v) is 14.4. The van der Waals surface area contributed by atoms with Gasteiger partial charge in [-0.25, -0.2) is 4.39 Å². The van der Waals surface area contributed by atoms with Crippen LogP contribution in [0.4, 0.5) is 4.39 Å². The second-order valence-electron chi connectivity index (χ2n) is 4.29. The molecule has 0 heterocycles. The van der Waals surface area contributed by atoms with Crippen LogP contribution in [0.15, 0.2) is 0 Å². The molecule has 0 aromatic carbocycles. The molecule has 4 heteroatoms. The molecule has 0 atom stereocenters. The fourth-order valence-electron chi connectivity index (χ4n) is 2.26. The molecule has 0 aliphatic heterocycles. The summed E-state index contributed by atoms with van der Waals surface area (Å²) in [5, 5.41) is 0. The highest BCUT2D eigenvalue weighted by Gasteiger charge is 2.28. The minimum absolute atomic E-state index is 0.233. The fraction of sp³-hybridized carbons (Fsp3) is 1.00. The Bertz CT molecular complexity index is 134. The molecular weight excluding hydrogens is 433 g/mol. The number of hydrogen-bond acceptors (Lipinski definition) is 1. The molecule has 16 heavy (non-hydrogen) atoms. The van der Waals surface area contributed by atoms with E-state index in [2.05, 4.69) is 52.1 Å². The van der Waals surface area contributed by atoms with Crippen molar-refractivity contribution in [3.63, 3.8) is 0 Å². The van der Waals surface area contributed by atoms with Crippen LogP contribution in [0.25, 0.3) is 0 Å². The summed E-state index contributed by atoms with van der Waals surface area (Å²) in [5.41, 5.74) is 0.233. The lowest BCUT2D eigenvalue weighted by atomic mass is 9.76. The van der Waals surface area contributed by atoms with E-state index in [1.165, 1.54) is 41.0 Å². The molecule has 0 aromatic rings. The zero-order valence-electron chi connectivity index (χ0n) is 10.1. The maximum absolute atomic E-state index is 12.2. The van der Waals surface area contributed by atoms with Crippen molar-refractivity contribution < 1.29 is 9.13 Å². The van der Waals surface area contributed by atoms with Crippen LogP contribution in [-0.2, 0) is 4.74 Å². The molecule has 0 aliphatic rings. The van der Waals surface area contributed by atoms with Crippen LogP contribution < -0.4 is 0 Å². The molecule has 0 fully saturated rings. The van der Waals surface area contributed by atoms with Crippen molar-refractivity contribution in [2.24, 2.45) is 5.41 Å². The molecule has 98 valence electrons. The molecule has 0 rings (SSSR count). The molecule has 0 bridgehead atoms. The number of ether oxygens (including phenoxy) is 1. The fourth-order valence-corrected chi connectivity index (χ4v) is 3.02. The second-order valence-corrected chi connectivity index (χ2v) is 6.45. The summed E-state index contributed by atoms with van der Waals surface area (Å²) >= 11 is 4.83. The Morgan fingerprint density at radius 2 is 1.62 bits per heavy atom. The van der Waals surface area contributed by atoms with Gasteiger partial charge in [-0.3, -0.25) is 0 Å². The molecule has 0 saturated carbocycles. The van der Waals surface area contributed by atoms with Gasteiger partial charge in [-0.05, 0) is 46.4 Å². The Balaban J connectivity index is 4.32. The molecule has 1 nitrogen and oxygen atoms in total. The highest BCUT2D eigenvalue weighted by atomic mass is 127. The van der Waals surface area contributed by atoms with E-state index in [0.29, 0.717) is 6.61 Å². The smallest absolute Gasteiger partial charge is 0.188 e. The van der Waals surface area contributed by atoms with Crippen molar-refractivity contribution in [1.29, 1.82) is 0 Å². The first kappa shape index (κ1) is 17.4. The first-order valence-corrected chi connectivity index (χ1v) is 9.05. The van der Waals surface area contributed by atoms with Crippen LogP contribution in [0.1, 0.15) is 45.4 Å². The van der Waals surface area contributed by atoms with Gasteiger partial charge in [0.1, 0.15) is 0 Å². The molecule has 0 aromatic heterocycles. The standard InChI is InChI=1S/C12H23FI2O/c1-2-5-12(6-3-8-14,7-4-9-15)10-16-11-13/h2-11H2,1H3. The van der Waals surface area contributed by atoms with Crippen molar-refractivity contribution in [2.45, 2.75) is 45.4 Å². The molecule has 0 N–H and O–H groups in total. The molecule has 0 amide bonds. The maximum Gasteiger partial charge on any atom is 0.188 e. The SMILES string of the molecule is CCCC(CCCI)(CCCI)COCF. The monoisotopic (exact) mass is 456 g/mol. The average molecular weight is 456 g/mol. The normalized spacial score (nSPS) is 12.0. The summed E-state index contributed by atoms with van der Waals surface area (Å²) in [6.45, 7) is 2.17. The summed E-state index contributed by atoms with van der Waals surface area (Å²) in [7, 11) is 0. The number of rotatable bonds is 11. The van der Waals surface area contributed by atoms with Gasteiger partial charge in [0.25, 0.3) is 0 Å². The zero-order chi connectivity index (χ0) is 12.3. The largest absolute Gasteiger partial charge is 0.350 e. The lowest BCUT2D eigenvalue weighted by Gasteiger charge is -2.33. The van der Waals surface area contributed by atoms with Crippen molar-refractivity contribution in [3.05, 3.63) is 0 Å². The summed E-state index contributed by atoms with van der Waals surface area (Å²) in [4.78, 5) is 0. The van der Waals surface area contributed by atoms with Gasteiger partial charge in [-0.1, -0.05) is 58.5 Å². The van der Waals surface area contributed by atoms with Crippen molar-refractivity contribution in [2.75, 3.05) is 22.3 Å². The van der Waals surface area contributed by atoms with E-state index < -0.39 is 6.86 Å². The topological polar surface area (TPSA) is 9.23 Å². The van der Waals surface area contributed by atoms with Crippen LogP contribution in [0.3, 0.4) is 0 Å². The Morgan fingerprint density at radius 1 is 1.06 bits per heavy atom. The third-order valence-electron chi connectivity index (χ3n) is 2.95. The third-order valence-corrected chi connectivity index (χ3v) is 4.47. The summed E-state index contributed by atoms with van der Waals surface area (Å²) < 4.78 is 19.6. The van der Waals surface area contributed by atoms with Crippen LogP contribution in [-0.4, -0.2) is 22.3 Å². The summed E-state index contributed by atoms with van der Waals surface area (Å²) in [6.07, 6.45) is 7.13. The van der Waals surface area contributed by atoms with Crippen molar-refractivity contribution >= 4 is 45.2 Å². The number of hydrogen-bond donors (Lipinski definition) is 0. The van der Waals surface area contributed by atoms with E-state index in [-0.39, 0.29) is 5.41 Å². The van der Waals surface area contributed by atoms with E-state index in [4.69, 9.17) is 4.74 Å². The Morgan fingerprint density at radius 3 is 2.00 bits per heavy atom. The average Bonchev–Trinajstić information content (AvgIpc) is 2.31. The Labute approximate surface area is 127 Å². The second kappa shape index (κ2) is 11.4. The van der Waals surface area contributed by atoms with Gasteiger partial charge < -0.3 is 4.74 Å². The van der Waals surface area contributed by atoms with E-state index in [1.807, 2.05) is 0 Å². The minimum Gasteiger partial charge on any atom is -0.350 e. The summed E-state index contributed by atoms with van der Waals surface area (Å²) in [5.74, 6) is 0. The number of alkyl halides is 3. The first-order valence-electron chi connectivity index (χ1n) is 6.00. The molecular formula is C12H23FI2O. The van der Waals surface area contributed by atoms with Gasteiger partial charge in [0.2, 0.25) is 0 Å². The van der Waals surface area contributed by atoms with Crippen LogP contribution >= 0.6 is 45.2 Å². The van der Waals surface area contributed by atoms with Gasteiger partial charge in [0.05, 0.1) is 6.61 Å². The van der Waals surface area contributed by atoms with E-state index in [9.17, 15) is 4.39 Å². The van der Waals surface area contributed by atoms with E-state index in [0.717, 1.165) is 6.42 Å². The van der Waals surface area contributed by atoms with Gasteiger partial charge in [0, 0.05) is 0 Å². The van der Waals surface area contributed by atoms with Crippen LogP contribution in [0.5, 0.6) is 0 Å². The van der Waals surface area contributed by atoms with Crippen molar-refractivity contribution in [3.8, 4) is 0 Å². The molecule has 0 spiro atoms. The van der Waals surface area contributed by atoms with E-state index >= 15 is 0 Å². The lowest BCUT2D eigenvalue weighted by Crippen LogP contribution is -2.27. The molecule has 0 radical (unpaired) electrons. The molecule has 0 unspecified atom stereocenters. The molecule has 0 aliphatic carbocycles. The minimum atomic E-state index is -0.639. The maximum atomic E-state index is 12.2. The van der Waals surface area contributed by atoms with Crippen molar-refractivity contribution in [1.82, 2.24) is 0 Å². The summed E-state index contributed by atoms with van der Waals surface area (Å²) in [6, 6.07) is 0. The Kier molecular flexibility index (Phi) is 12.4. The van der Waals surface area contributed by atoms with Crippen LogP contribution in [0.2, 0.25) is 0 Å². The quantitative estimate of drug-likeness (QED) is 0.309. The lowest BCUT2D eigenvalue weighted by molar-refractivity contribution is -0.0154. The molecule has 0 saturated heterocycles. The van der Waals surface area contributed by atoms with Gasteiger partial charge in [-0.2, -0.15) is 0 Å². The van der Waals surface area contributed by atoms with Gasteiger partial charge >= 0.3 is 0 Å². The third kappa shape index (κ3) is 7.63. The van der Waals surface area contributed by atoms with Crippen LogP contribution in [0, 0.1) is 5.41 Å². The Hall–Kier alpha value is 1.35. The van der Waals surface area contributed by atoms with Gasteiger partial charge in [0.15, 0.2) is 6.86 Å². The van der Waals surface area contributed by atoms with Gasteiger partial charge in [-0.15, -0.1) is 0 Å². The highest BCUT2D eigenvalue weighted by molar-refractivity contribution is 14.1. The predicted molar refractivity (Wildman–Crippen MR) is 85.5 cm³/mol. The van der Waals surface area contributed by atoms with E-state index in [1.54, 1.807) is 0 Å². The first-order chi connectivity index (χ1) is 7.74. The highest BCUT2D eigenvalue weighted by Crippen LogP contribution is 2.36. The number of halogens is 3.